The van der Waals surface area contributed by atoms with Crippen LogP contribution < -0.4 is 5.32 Å². The van der Waals surface area contributed by atoms with E-state index in [1.54, 1.807) is 6.92 Å². The number of rotatable bonds is 4. The number of nitrogens with one attached hydrogen (secondary N) is 1. The van der Waals surface area contributed by atoms with E-state index in [-0.39, 0.29) is 11.5 Å². The number of imidazole rings is 1. The smallest absolute Gasteiger partial charge is 0.337 e. The SMILES string of the molecule is Cc1ccc(F)c(NC(=O)C[C@H](c2nccn2C)C(F)(F)F)c1. The first-order chi connectivity index (χ1) is 10.7. The minimum absolute atomic E-state index is 0.143. The highest BCUT2D eigenvalue weighted by molar-refractivity contribution is 5.91. The average Bonchev–Trinajstić information content (AvgIpc) is 2.85. The van der Waals surface area contributed by atoms with Crippen LogP contribution in [0.2, 0.25) is 0 Å². The standard InChI is InChI=1S/C15H15F4N3O/c1-9-3-4-11(16)12(7-9)21-13(23)8-10(15(17,18)19)14-20-5-6-22(14)2/h3-7,10H,8H2,1-2H3,(H,21,23)/t10-/m1/s1. The fourth-order valence-corrected chi connectivity index (χ4v) is 2.19. The lowest BCUT2D eigenvalue weighted by molar-refractivity contribution is -0.157. The molecule has 23 heavy (non-hydrogen) atoms. The topological polar surface area (TPSA) is 46.9 Å². The monoisotopic (exact) mass is 329 g/mol. The summed E-state index contributed by atoms with van der Waals surface area (Å²) in [4.78, 5) is 15.6. The molecule has 0 aliphatic carbocycles. The summed E-state index contributed by atoms with van der Waals surface area (Å²) in [6.45, 7) is 1.68. The Kier molecular flexibility index (Phi) is 4.72. The molecule has 0 saturated heterocycles. The van der Waals surface area contributed by atoms with Crippen LogP contribution in [0, 0.1) is 12.7 Å². The molecule has 0 fully saturated rings. The van der Waals surface area contributed by atoms with Crippen molar-refractivity contribution in [2.45, 2.75) is 25.4 Å². The van der Waals surface area contributed by atoms with Crippen molar-refractivity contribution in [1.29, 1.82) is 0 Å². The summed E-state index contributed by atoms with van der Waals surface area (Å²) in [6.07, 6.45) is -2.91. The maximum atomic E-state index is 13.6. The number of hydrogen-bond donors (Lipinski definition) is 1. The van der Waals surface area contributed by atoms with E-state index < -0.39 is 30.2 Å². The second-order valence-electron chi connectivity index (χ2n) is 5.23. The number of carbonyl (C=O) groups is 1. The quantitative estimate of drug-likeness (QED) is 0.872. The van der Waals surface area contributed by atoms with Crippen LogP contribution >= 0.6 is 0 Å². The summed E-state index contributed by atoms with van der Waals surface area (Å²) in [7, 11) is 1.42. The summed E-state index contributed by atoms with van der Waals surface area (Å²) in [5, 5.41) is 2.18. The first-order valence-electron chi connectivity index (χ1n) is 6.78. The lowest BCUT2D eigenvalue weighted by atomic mass is 10.0. The normalized spacial score (nSPS) is 13.0. The van der Waals surface area contributed by atoms with Gasteiger partial charge in [0.2, 0.25) is 5.91 Å². The lowest BCUT2D eigenvalue weighted by Gasteiger charge is -2.19. The highest BCUT2D eigenvalue weighted by Gasteiger charge is 2.44. The van der Waals surface area contributed by atoms with E-state index in [9.17, 15) is 22.4 Å². The van der Waals surface area contributed by atoms with Gasteiger partial charge in [-0.05, 0) is 24.6 Å². The molecule has 0 bridgehead atoms. The first-order valence-corrected chi connectivity index (χ1v) is 6.78. The minimum atomic E-state index is -4.64. The third-order valence-corrected chi connectivity index (χ3v) is 3.35. The maximum absolute atomic E-state index is 13.6. The molecule has 1 amide bonds. The Morgan fingerprint density at radius 2 is 2.09 bits per heavy atom. The third-order valence-electron chi connectivity index (χ3n) is 3.35. The van der Waals surface area contributed by atoms with Crippen LogP contribution in [0.15, 0.2) is 30.6 Å². The molecule has 124 valence electrons. The Morgan fingerprint density at radius 3 is 2.65 bits per heavy atom. The number of amides is 1. The van der Waals surface area contributed by atoms with Gasteiger partial charge in [0.25, 0.3) is 0 Å². The van der Waals surface area contributed by atoms with Crippen molar-refractivity contribution in [2.24, 2.45) is 7.05 Å². The summed E-state index contributed by atoms with van der Waals surface area (Å²) in [5.41, 5.74) is 0.536. The average molecular weight is 329 g/mol. The molecule has 2 rings (SSSR count). The zero-order valence-corrected chi connectivity index (χ0v) is 12.5. The number of aryl methyl sites for hydroxylation is 2. The van der Waals surface area contributed by atoms with Gasteiger partial charge in [-0.1, -0.05) is 6.07 Å². The zero-order chi connectivity index (χ0) is 17.2. The van der Waals surface area contributed by atoms with Gasteiger partial charge >= 0.3 is 6.18 Å². The van der Waals surface area contributed by atoms with Crippen molar-refractivity contribution in [3.8, 4) is 0 Å². The molecular formula is C15H15F4N3O. The molecule has 8 heteroatoms. The van der Waals surface area contributed by atoms with Crippen molar-refractivity contribution in [3.05, 3.63) is 47.8 Å². The highest BCUT2D eigenvalue weighted by Crippen LogP contribution is 2.36. The molecule has 0 radical (unpaired) electrons. The van der Waals surface area contributed by atoms with Crippen molar-refractivity contribution >= 4 is 11.6 Å². The number of benzene rings is 1. The second-order valence-corrected chi connectivity index (χ2v) is 5.23. The summed E-state index contributed by atoms with van der Waals surface area (Å²) in [6, 6.07) is 4.00. The van der Waals surface area contributed by atoms with Crippen molar-refractivity contribution in [2.75, 3.05) is 5.32 Å². The molecule has 0 saturated carbocycles. The maximum Gasteiger partial charge on any atom is 0.399 e. The molecule has 0 unspecified atom stereocenters. The van der Waals surface area contributed by atoms with Crippen molar-refractivity contribution in [1.82, 2.24) is 9.55 Å². The molecule has 0 aliphatic rings. The van der Waals surface area contributed by atoms with Crippen LogP contribution in [0.5, 0.6) is 0 Å². The number of carbonyl (C=O) groups excluding carboxylic acids is 1. The summed E-state index contributed by atoms with van der Waals surface area (Å²) >= 11 is 0. The molecule has 4 nitrogen and oxygen atoms in total. The van der Waals surface area contributed by atoms with Gasteiger partial charge in [0.05, 0.1) is 5.69 Å². The number of nitrogens with zero attached hydrogens (tertiary/aromatic N) is 2. The van der Waals surface area contributed by atoms with Crippen LogP contribution in [0.3, 0.4) is 0 Å². The molecular weight excluding hydrogens is 314 g/mol. The van der Waals surface area contributed by atoms with Gasteiger partial charge in [0.15, 0.2) is 0 Å². The number of alkyl halides is 3. The van der Waals surface area contributed by atoms with Gasteiger partial charge in [0.1, 0.15) is 17.6 Å². The van der Waals surface area contributed by atoms with E-state index in [4.69, 9.17) is 0 Å². The Morgan fingerprint density at radius 1 is 1.39 bits per heavy atom. The molecule has 0 aliphatic heterocycles. The molecule has 0 spiro atoms. The zero-order valence-electron chi connectivity index (χ0n) is 12.5. The predicted molar refractivity (Wildman–Crippen MR) is 76.4 cm³/mol. The Hall–Kier alpha value is -2.38. The first kappa shape index (κ1) is 17.0. The van der Waals surface area contributed by atoms with Gasteiger partial charge in [-0.15, -0.1) is 0 Å². The molecule has 1 aromatic heterocycles. The van der Waals surface area contributed by atoms with E-state index in [0.29, 0.717) is 5.56 Å². The molecule has 2 aromatic rings. The number of aromatic nitrogens is 2. The summed E-state index contributed by atoms with van der Waals surface area (Å²) < 4.78 is 54.4. The number of hydrogen-bond acceptors (Lipinski definition) is 2. The van der Waals surface area contributed by atoms with Gasteiger partial charge in [0, 0.05) is 25.9 Å². The number of anilines is 1. The van der Waals surface area contributed by atoms with E-state index in [0.717, 1.165) is 6.07 Å². The molecule has 1 atom stereocenters. The molecule has 1 aromatic carbocycles. The van der Waals surface area contributed by atoms with E-state index in [1.807, 2.05) is 0 Å². The Balaban J connectivity index is 2.19. The molecule has 1 N–H and O–H groups in total. The van der Waals surface area contributed by atoms with E-state index in [1.165, 1.54) is 36.1 Å². The fourth-order valence-electron chi connectivity index (χ4n) is 2.19. The van der Waals surface area contributed by atoms with Crippen molar-refractivity contribution in [3.63, 3.8) is 0 Å². The van der Waals surface area contributed by atoms with Crippen LogP contribution in [0.1, 0.15) is 23.7 Å². The minimum Gasteiger partial charge on any atom is -0.337 e. The van der Waals surface area contributed by atoms with Crippen LogP contribution in [-0.4, -0.2) is 21.6 Å². The van der Waals surface area contributed by atoms with E-state index in [2.05, 4.69) is 10.3 Å². The fraction of sp³-hybridized carbons (Fsp3) is 0.333. The lowest BCUT2D eigenvalue weighted by Crippen LogP contribution is -2.28. The van der Waals surface area contributed by atoms with Gasteiger partial charge in [-0.25, -0.2) is 9.37 Å². The highest BCUT2D eigenvalue weighted by atomic mass is 19.4. The third kappa shape index (κ3) is 4.08. The van der Waals surface area contributed by atoms with Gasteiger partial charge in [-0.3, -0.25) is 4.79 Å². The Labute approximate surface area is 130 Å². The van der Waals surface area contributed by atoms with Crippen LogP contribution in [0.25, 0.3) is 0 Å². The largest absolute Gasteiger partial charge is 0.399 e. The second kappa shape index (κ2) is 6.39. The molecule has 1 heterocycles. The van der Waals surface area contributed by atoms with Crippen LogP contribution in [-0.2, 0) is 11.8 Å². The van der Waals surface area contributed by atoms with Gasteiger partial charge < -0.3 is 9.88 Å². The van der Waals surface area contributed by atoms with Crippen LogP contribution in [0.4, 0.5) is 23.2 Å². The van der Waals surface area contributed by atoms with Crippen molar-refractivity contribution < 1.29 is 22.4 Å². The Bertz CT molecular complexity index is 709. The predicted octanol–water partition coefficient (Wildman–Crippen LogP) is 3.54. The van der Waals surface area contributed by atoms with Gasteiger partial charge in [-0.2, -0.15) is 13.2 Å². The van der Waals surface area contributed by atoms with E-state index >= 15 is 0 Å². The summed E-state index contributed by atoms with van der Waals surface area (Å²) in [5.74, 6) is -3.96. The number of halogens is 4.